The van der Waals surface area contributed by atoms with E-state index in [1.165, 1.54) is 5.92 Å². The fourth-order valence-corrected chi connectivity index (χ4v) is 5.43. The Kier molecular flexibility index (Phi) is 24.9. The number of carboxylic acids is 3. The molecule has 0 aromatic rings. The molecule has 3 N–H and O–H groups in total. The molecular formula is C30H55HoO9-. The van der Waals surface area contributed by atoms with Crippen LogP contribution in [0.2, 0.25) is 0 Å². The van der Waals surface area contributed by atoms with Crippen LogP contribution in [0.1, 0.15) is 126 Å². The second-order valence-corrected chi connectivity index (χ2v) is 10.7. The topological polar surface area (TPSA) is 147 Å². The van der Waals surface area contributed by atoms with E-state index >= 15 is 0 Å². The quantitative estimate of drug-likeness (QED) is 0.200. The molecule has 0 unspecified atom stereocenters. The Morgan fingerprint density at radius 1 is 0.725 bits per heavy atom. The van der Waals surface area contributed by atoms with Gasteiger partial charge in [-0.05, 0) is 43.4 Å². The molecule has 9 nitrogen and oxygen atoms in total. The number of Topliss-reactive ketones (excluding diaryl/α,β-unsaturated/α-hetero) is 1. The van der Waals surface area contributed by atoms with E-state index in [1.54, 1.807) is 0 Å². The van der Waals surface area contributed by atoms with E-state index < -0.39 is 17.9 Å². The van der Waals surface area contributed by atoms with Gasteiger partial charge in [-0.15, -0.1) is 0 Å². The van der Waals surface area contributed by atoms with E-state index in [0.29, 0.717) is 44.3 Å². The Labute approximate surface area is 272 Å². The van der Waals surface area contributed by atoms with E-state index in [4.69, 9.17) is 24.8 Å². The predicted octanol–water partition coefficient (Wildman–Crippen LogP) is 6.77. The molecule has 10 heteroatoms. The first kappa shape index (κ1) is 43.7. The summed E-state index contributed by atoms with van der Waals surface area (Å²) in [6, 6.07) is 0. The molecule has 3 saturated carbocycles. The van der Waals surface area contributed by atoms with Gasteiger partial charge in [0.1, 0.15) is 5.78 Å². The van der Waals surface area contributed by atoms with Crippen molar-refractivity contribution >= 4 is 23.7 Å². The summed E-state index contributed by atoms with van der Waals surface area (Å²) in [6.45, 7) is 3.53. The van der Waals surface area contributed by atoms with Crippen LogP contribution in [0.4, 0.5) is 0 Å². The third-order valence-corrected chi connectivity index (χ3v) is 7.69. The van der Waals surface area contributed by atoms with E-state index in [0.717, 1.165) is 64.2 Å². The molecule has 0 amide bonds. The molecule has 4 aliphatic rings. The third kappa shape index (κ3) is 17.9. The van der Waals surface area contributed by atoms with Crippen molar-refractivity contribution in [2.45, 2.75) is 131 Å². The summed E-state index contributed by atoms with van der Waals surface area (Å²) in [5, 5.41) is 25.6. The van der Waals surface area contributed by atoms with Crippen LogP contribution < -0.4 is 0 Å². The van der Waals surface area contributed by atoms with Crippen LogP contribution in [0.15, 0.2) is 0 Å². The summed E-state index contributed by atoms with van der Waals surface area (Å²) in [5.41, 5.74) is 0. The van der Waals surface area contributed by atoms with Crippen LogP contribution in [0.5, 0.6) is 0 Å². The van der Waals surface area contributed by atoms with Gasteiger partial charge in [-0.3, -0.25) is 19.2 Å². The number of ether oxygens (including phenoxy) is 2. The molecule has 4 fully saturated rings. The fraction of sp³-hybridized carbons (Fsp3) is 0.833. The van der Waals surface area contributed by atoms with Crippen LogP contribution in [-0.4, -0.2) is 58.0 Å². The van der Waals surface area contributed by atoms with Crippen molar-refractivity contribution in [3.63, 3.8) is 0 Å². The van der Waals surface area contributed by atoms with Gasteiger partial charge in [-0.1, -0.05) is 35.1 Å². The number of ketones is 1. The van der Waals surface area contributed by atoms with Gasteiger partial charge in [0, 0.05) is 82.7 Å². The van der Waals surface area contributed by atoms with Gasteiger partial charge in [0.05, 0.1) is 13.2 Å². The van der Waals surface area contributed by atoms with Gasteiger partial charge in [-0.2, -0.15) is 19.8 Å². The maximum Gasteiger partial charge on any atom is 0.303 e. The van der Waals surface area contributed by atoms with Crippen molar-refractivity contribution in [2.75, 3.05) is 13.2 Å². The summed E-state index contributed by atoms with van der Waals surface area (Å²) in [6.07, 6.45) is 11.5. The second-order valence-electron chi connectivity index (χ2n) is 10.7. The Morgan fingerprint density at radius 2 is 1.07 bits per heavy atom. The molecule has 3 aliphatic carbocycles. The monoisotopic (exact) mass is 724 g/mol. The minimum Gasteiger partial charge on any atom is -0.481 e. The Morgan fingerprint density at radius 3 is 1.45 bits per heavy atom. The Balaban J connectivity index is -0.000000494. The first-order valence-corrected chi connectivity index (χ1v) is 13.3. The molecule has 1 aliphatic heterocycles. The molecule has 0 bridgehead atoms. The van der Waals surface area contributed by atoms with Crippen molar-refractivity contribution in [1.82, 2.24) is 0 Å². The molecule has 0 aromatic heterocycles. The van der Waals surface area contributed by atoms with Crippen LogP contribution in [0.25, 0.3) is 0 Å². The number of rotatable bonds is 6. The predicted molar refractivity (Wildman–Crippen MR) is 151 cm³/mol. The van der Waals surface area contributed by atoms with Crippen molar-refractivity contribution in [2.24, 2.45) is 17.8 Å². The first-order chi connectivity index (χ1) is 17.1. The van der Waals surface area contributed by atoms with Crippen LogP contribution in [-0.2, 0) is 28.7 Å². The molecule has 4 rings (SSSR count). The summed E-state index contributed by atoms with van der Waals surface area (Å²) < 4.78 is 11.1. The number of carbonyl (C=O) groups is 4. The van der Waals surface area contributed by atoms with Crippen molar-refractivity contribution in [1.29, 1.82) is 0 Å². The smallest absolute Gasteiger partial charge is 0.303 e. The zero-order valence-electron chi connectivity index (χ0n) is 21.8. The minimum absolute atomic E-state index is 0. The maximum absolute atomic E-state index is 10.7. The third-order valence-electron chi connectivity index (χ3n) is 7.69. The van der Waals surface area contributed by atoms with Gasteiger partial charge in [0.2, 0.25) is 0 Å². The second kappa shape index (κ2) is 22.8. The summed E-state index contributed by atoms with van der Waals surface area (Å²) in [4.78, 5) is 41.9. The van der Waals surface area contributed by atoms with E-state index in [-0.39, 0.29) is 90.3 Å². The normalized spacial score (nSPS) is 21.0. The van der Waals surface area contributed by atoms with E-state index in [1.807, 2.05) is 0 Å². The van der Waals surface area contributed by atoms with Gasteiger partial charge in [0.25, 0.3) is 0 Å². The Hall–Kier alpha value is -0.740. The molecule has 0 aromatic carbocycles. The summed E-state index contributed by atoms with van der Waals surface area (Å²) in [5.74, 6) is 0.373. The van der Waals surface area contributed by atoms with Gasteiger partial charge < -0.3 is 30.7 Å². The number of aliphatic carboxylic acids is 3. The molecule has 0 atom stereocenters. The van der Waals surface area contributed by atoms with Crippen LogP contribution in [0, 0.1) is 61.4 Å². The zero-order chi connectivity index (χ0) is 26.6. The van der Waals surface area contributed by atoms with Gasteiger partial charge in [-0.25, -0.2) is 0 Å². The fourth-order valence-electron chi connectivity index (χ4n) is 5.43. The van der Waals surface area contributed by atoms with Gasteiger partial charge in [0.15, 0.2) is 5.79 Å². The molecule has 1 heterocycles. The minimum atomic E-state index is -0.746. The number of hydrogen-bond donors (Lipinski definition) is 3. The number of carboxylic acid groups (broad SMARTS) is 3. The van der Waals surface area contributed by atoms with E-state index in [9.17, 15) is 19.2 Å². The molecule has 1 spiro atoms. The maximum atomic E-state index is 10.7. The largest absolute Gasteiger partial charge is 0.481 e. The summed E-state index contributed by atoms with van der Waals surface area (Å²) in [7, 11) is 0. The van der Waals surface area contributed by atoms with Gasteiger partial charge >= 0.3 is 17.9 Å². The van der Waals surface area contributed by atoms with Crippen LogP contribution in [0.3, 0.4) is 0 Å². The van der Waals surface area contributed by atoms with Crippen molar-refractivity contribution < 1.29 is 81.7 Å². The number of hydrogen-bond acceptors (Lipinski definition) is 6. The molecule has 1 radical (unpaired) electrons. The average Bonchev–Trinajstić information content (AvgIpc) is 3.27. The van der Waals surface area contributed by atoms with Crippen LogP contribution >= 0.6 is 0 Å². The summed E-state index contributed by atoms with van der Waals surface area (Å²) >= 11 is 0. The molecule has 1 saturated heterocycles. The zero-order valence-corrected chi connectivity index (χ0v) is 23.8. The van der Waals surface area contributed by atoms with Crippen molar-refractivity contribution in [3.8, 4) is 0 Å². The molecule has 40 heavy (non-hydrogen) atoms. The SMILES string of the molecule is C.C.C.C[C-]1CCC(CC(=O)O)CC1.O=C(O)CC1CCC(=O)CC1.O=C(O)CC1CCC2(CC1)OCCO2.[Ho]. The molecular weight excluding hydrogens is 669 g/mol. The van der Waals surface area contributed by atoms with Crippen molar-refractivity contribution in [3.05, 3.63) is 5.92 Å². The van der Waals surface area contributed by atoms with E-state index in [2.05, 4.69) is 6.92 Å². The average molecular weight is 725 g/mol. The Bertz CT molecular complexity index is 709. The first-order valence-electron chi connectivity index (χ1n) is 13.3. The molecule has 241 valence electrons. The number of carbonyl (C=O) groups excluding carboxylic acids is 1. The standard InChI is InChI=1S/C10H16O4.C9H15O2.C8H12O3.3CH4.Ho/c11-9(12)7-8-1-3-10(4-2-8)13-5-6-14-10;1-7-2-4-8(5-3-7)6-9(10)11;9-7-3-1-6(2-4-7)5-8(10)11;;;;/h8H,1-7H2,(H,11,12);8H,2-6H2,1H3,(H,10,11);6H,1-5H2,(H,10,11);3*1H4;/q;-1;;;;;.